The molecule has 0 spiro atoms. The SMILES string of the molecule is CCCC(C)NC(C)CN1CCCC(C)C1. The van der Waals surface area contributed by atoms with Crippen molar-refractivity contribution in [2.45, 2.75) is 65.5 Å². The van der Waals surface area contributed by atoms with E-state index in [2.05, 4.69) is 37.9 Å². The van der Waals surface area contributed by atoms with E-state index in [1.807, 2.05) is 0 Å². The van der Waals surface area contributed by atoms with Crippen LogP contribution in [0.1, 0.15) is 53.4 Å². The standard InChI is InChI=1S/C14H30N2/c1-5-7-13(3)15-14(4)11-16-9-6-8-12(2)10-16/h12-15H,5-11H2,1-4H3. The van der Waals surface area contributed by atoms with Gasteiger partial charge in [-0.2, -0.15) is 0 Å². The van der Waals surface area contributed by atoms with E-state index in [9.17, 15) is 0 Å². The van der Waals surface area contributed by atoms with Crippen molar-refractivity contribution in [2.75, 3.05) is 19.6 Å². The van der Waals surface area contributed by atoms with Crippen molar-refractivity contribution in [1.82, 2.24) is 10.2 Å². The van der Waals surface area contributed by atoms with Crippen LogP contribution >= 0.6 is 0 Å². The van der Waals surface area contributed by atoms with Gasteiger partial charge >= 0.3 is 0 Å². The fraction of sp³-hybridized carbons (Fsp3) is 1.00. The lowest BCUT2D eigenvalue weighted by atomic mass is 10.00. The second kappa shape index (κ2) is 7.29. The third-order valence-electron chi connectivity index (χ3n) is 3.56. The lowest BCUT2D eigenvalue weighted by Crippen LogP contribution is -2.45. The summed E-state index contributed by atoms with van der Waals surface area (Å²) in [5.41, 5.74) is 0. The van der Waals surface area contributed by atoms with Gasteiger partial charge in [0.15, 0.2) is 0 Å². The molecule has 0 aromatic rings. The van der Waals surface area contributed by atoms with Crippen LogP contribution in [-0.4, -0.2) is 36.6 Å². The van der Waals surface area contributed by atoms with Crippen molar-refractivity contribution >= 4 is 0 Å². The van der Waals surface area contributed by atoms with Crippen molar-refractivity contribution in [3.63, 3.8) is 0 Å². The van der Waals surface area contributed by atoms with Crippen molar-refractivity contribution in [3.8, 4) is 0 Å². The van der Waals surface area contributed by atoms with Crippen molar-refractivity contribution in [3.05, 3.63) is 0 Å². The second-order valence-electron chi connectivity index (χ2n) is 5.76. The Morgan fingerprint density at radius 3 is 2.69 bits per heavy atom. The fourth-order valence-corrected chi connectivity index (χ4v) is 2.89. The summed E-state index contributed by atoms with van der Waals surface area (Å²) in [6, 6.07) is 1.30. The number of nitrogens with zero attached hydrogens (tertiary/aromatic N) is 1. The van der Waals surface area contributed by atoms with Gasteiger partial charge < -0.3 is 10.2 Å². The Kier molecular flexibility index (Phi) is 6.37. The number of hydrogen-bond donors (Lipinski definition) is 1. The average Bonchev–Trinajstić information content (AvgIpc) is 2.17. The van der Waals surface area contributed by atoms with Crippen LogP contribution < -0.4 is 5.32 Å². The van der Waals surface area contributed by atoms with Gasteiger partial charge in [0, 0.05) is 25.2 Å². The van der Waals surface area contributed by atoms with Crippen molar-refractivity contribution in [1.29, 1.82) is 0 Å². The summed E-state index contributed by atoms with van der Waals surface area (Å²) in [5, 5.41) is 3.70. The average molecular weight is 226 g/mol. The Balaban J connectivity index is 2.19. The fourth-order valence-electron chi connectivity index (χ4n) is 2.89. The third kappa shape index (κ3) is 5.31. The molecule has 1 N–H and O–H groups in total. The summed E-state index contributed by atoms with van der Waals surface area (Å²) in [6.07, 6.45) is 5.38. The second-order valence-corrected chi connectivity index (χ2v) is 5.76. The highest BCUT2D eigenvalue weighted by molar-refractivity contribution is 4.75. The van der Waals surface area contributed by atoms with Gasteiger partial charge in [-0.1, -0.05) is 20.3 Å². The first-order valence-corrected chi connectivity index (χ1v) is 7.10. The van der Waals surface area contributed by atoms with E-state index in [0.717, 1.165) is 5.92 Å². The molecule has 1 aliphatic heterocycles. The maximum absolute atomic E-state index is 3.70. The molecule has 3 unspecified atom stereocenters. The molecule has 0 amide bonds. The minimum Gasteiger partial charge on any atom is -0.311 e. The highest BCUT2D eigenvalue weighted by Crippen LogP contribution is 2.15. The molecule has 96 valence electrons. The molecule has 1 fully saturated rings. The van der Waals surface area contributed by atoms with E-state index in [1.54, 1.807) is 0 Å². The Morgan fingerprint density at radius 1 is 1.31 bits per heavy atom. The van der Waals surface area contributed by atoms with Crippen molar-refractivity contribution < 1.29 is 0 Å². The number of rotatable bonds is 6. The predicted molar refractivity (Wildman–Crippen MR) is 71.8 cm³/mol. The van der Waals surface area contributed by atoms with Crippen molar-refractivity contribution in [2.24, 2.45) is 5.92 Å². The number of piperidine rings is 1. The maximum Gasteiger partial charge on any atom is 0.0169 e. The van der Waals surface area contributed by atoms with Crippen LogP contribution in [-0.2, 0) is 0 Å². The maximum atomic E-state index is 3.70. The molecular weight excluding hydrogens is 196 g/mol. The first-order valence-electron chi connectivity index (χ1n) is 7.10. The quantitative estimate of drug-likeness (QED) is 0.749. The molecule has 0 saturated carbocycles. The van der Waals surface area contributed by atoms with E-state index in [1.165, 1.54) is 45.3 Å². The molecule has 0 aromatic carbocycles. The van der Waals surface area contributed by atoms with Crippen LogP contribution in [0.3, 0.4) is 0 Å². The molecule has 1 aliphatic rings. The Morgan fingerprint density at radius 2 is 2.06 bits per heavy atom. The van der Waals surface area contributed by atoms with Crippen LogP contribution in [0.15, 0.2) is 0 Å². The van der Waals surface area contributed by atoms with Crippen LogP contribution in [0, 0.1) is 5.92 Å². The van der Waals surface area contributed by atoms with E-state index >= 15 is 0 Å². The molecule has 0 aliphatic carbocycles. The summed E-state index contributed by atoms with van der Waals surface area (Å²) in [5.74, 6) is 0.897. The van der Waals surface area contributed by atoms with Gasteiger partial charge in [-0.25, -0.2) is 0 Å². The smallest absolute Gasteiger partial charge is 0.0169 e. The van der Waals surface area contributed by atoms with Gasteiger partial charge in [-0.3, -0.25) is 0 Å². The molecule has 16 heavy (non-hydrogen) atoms. The van der Waals surface area contributed by atoms with Gasteiger partial charge in [0.05, 0.1) is 0 Å². The predicted octanol–water partition coefficient (Wildman–Crippen LogP) is 2.89. The number of likely N-dealkylation sites (tertiary alicyclic amines) is 1. The first kappa shape index (κ1) is 14.0. The van der Waals surface area contributed by atoms with Gasteiger partial charge in [0.25, 0.3) is 0 Å². The zero-order chi connectivity index (χ0) is 12.0. The molecular formula is C14H30N2. The summed E-state index contributed by atoms with van der Waals surface area (Å²) in [7, 11) is 0. The van der Waals surface area contributed by atoms with Gasteiger partial charge in [-0.05, 0) is 45.6 Å². The highest BCUT2D eigenvalue weighted by Gasteiger charge is 2.18. The molecule has 0 bridgehead atoms. The molecule has 1 saturated heterocycles. The zero-order valence-corrected chi connectivity index (χ0v) is 11.6. The summed E-state index contributed by atoms with van der Waals surface area (Å²) in [6.45, 7) is 13.1. The summed E-state index contributed by atoms with van der Waals surface area (Å²) >= 11 is 0. The number of nitrogens with one attached hydrogen (secondary N) is 1. The van der Waals surface area contributed by atoms with Gasteiger partial charge in [-0.15, -0.1) is 0 Å². The van der Waals surface area contributed by atoms with E-state index in [4.69, 9.17) is 0 Å². The zero-order valence-electron chi connectivity index (χ0n) is 11.6. The first-order chi connectivity index (χ1) is 7.61. The Bertz CT molecular complexity index is 182. The topological polar surface area (TPSA) is 15.3 Å². The van der Waals surface area contributed by atoms with Crippen LogP contribution in [0.5, 0.6) is 0 Å². The summed E-state index contributed by atoms with van der Waals surface area (Å²) < 4.78 is 0. The van der Waals surface area contributed by atoms with Gasteiger partial charge in [0.1, 0.15) is 0 Å². The minimum absolute atomic E-state index is 0.631. The largest absolute Gasteiger partial charge is 0.311 e. The van der Waals surface area contributed by atoms with Crippen LogP contribution in [0.4, 0.5) is 0 Å². The molecule has 2 nitrogen and oxygen atoms in total. The van der Waals surface area contributed by atoms with Gasteiger partial charge in [0.2, 0.25) is 0 Å². The van der Waals surface area contributed by atoms with E-state index < -0.39 is 0 Å². The third-order valence-corrected chi connectivity index (χ3v) is 3.56. The molecule has 0 aromatic heterocycles. The van der Waals surface area contributed by atoms with E-state index in [-0.39, 0.29) is 0 Å². The molecule has 2 heteroatoms. The highest BCUT2D eigenvalue weighted by atomic mass is 15.2. The van der Waals surface area contributed by atoms with E-state index in [0.29, 0.717) is 12.1 Å². The molecule has 1 heterocycles. The van der Waals surface area contributed by atoms with Crippen LogP contribution in [0.25, 0.3) is 0 Å². The molecule has 1 rings (SSSR count). The lowest BCUT2D eigenvalue weighted by molar-refractivity contribution is 0.167. The molecule has 0 radical (unpaired) electrons. The Hall–Kier alpha value is -0.0800. The van der Waals surface area contributed by atoms with Crippen LogP contribution in [0.2, 0.25) is 0 Å². The molecule has 3 atom stereocenters. The summed E-state index contributed by atoms with van der Waals surface area (Å²) in [4.78, 5) is 2.63. The lowest BCUT2D eigenvalue weighted by Gasteiger charge is -2.33. The Labute approximate surface area is 102 Å². The normalized spacial score (nSPS) is 26.6. The minimum atomic E-state index is 0.631. The monoisotopic (exact) mass is 226 g/mol. The number of hydrogen-bond acceptors (Lipinski definition) is 2.